The van der Waals surface area contributed by atoms with E-state index in [0.717, 1.165) is 11.3 Å². The van der Waals surface area contributed by atoms with Gasteiger partial charge in [0.1, 0.15) is 15.7 Å². The van der Waals surface area contributed by atoms with Crippen molar-refractivity contribution in [2.75, 3.05) is 13.7 Å². The van der Waals surface area contributed by atoms with Crippen LogP contribution < -0.4 is 10.6 Å². The lowest BCUT2D eigenvalue weighted by Gasteiger charge is -2.04. The van der Waals surface area contributed by atoms with Crippen LogP contribution in [0.2, 0.25) is 0 Å². The third-order valence-corrected chi connectivity index (χ3v) is 4.07. The van der Waals surface area contributed by atoms with Gasteiger partial charge in [-0.1, -0.05) is 0 Å². The number of benzene rings is 1. The van der Waals surface area contributed by atoms with Gasteiger partial charge in [0.25, 0.3) is 5.91 Å². The van der Waals surface area contributed by atoms with Crippen molar-refractivity contribution in [3.63, 3.8) is 0 Å². The number of ether oxygens (including phenoxy) is 1. The largest absolute Gasteiger partial charge is 0.451 e. The number of nitrogens with zero attached hydrogens (tertiary/aromatic N) is 1. The van der Waals surface area contributed by atoms with E-state index >= 15 is 0 Å². The number of urea groups is 1. The molecule has 0 atom stereocenters. The van der Waals surface area contributed by atoms with Crippen molar-refractivity contribution in [1.82, 2.24) is 15.6 Å². The highest BCUT2D eigenvalue weighted by Crippen LogP contribution is 2.28. The average Bonchev–Trinajstić information content (AvgIpc) is 2.95. The van der Waals surface area contributed by atoms with Gasteiger partial charge < -0.3 is 10.1 Å². The van der Waals surface area contributed by atoms with Gasteiger partial charge in [-0.2, -0.15) is 0 Å². The van der Waals surface area contributed by atoms with Gasteiger partial charge in [-0.3, -0.25) is 10.1 Å². The van der Waals surface area contributed by atoms with Crippen molar-refractivity contribution < 1.29 is 23.5 Å². The van der Waals surface area contributed by atoms with Crippen LogP contribution >= 0.6 is 11.3 Å². The molecule has 0 spiro atoms. The van der Waals surface area contributed by atoms with Crippen molar-refractivity contribution in [2.24, 2.45) is 0 Å². The van der Waals surface area contributed by atoms with Gasteiger partial charge in [-0.05, 0) is 31.2 Å². The van der Waals surface area contributed by atoms with E-state index in [4.69, 9.17) is 4.74 Å². The van der Waals surface area contributed by atoms with E-state index in [1.54, 1.807) is 19.1 Å². The molecule has 1 aromatic heterocycles. The zero-order valence-electron chi connectivity index (χ0n) is 12.9. The second-order valence-corrected chi connectivity index (χ2v) is 5.64. The third-order valence-electron chi connectivity index (χ3n) is 2.89. The highest BCUT2D eigenvalue weighted by Gasteiger charge is 2.19. The summed E-state index contributed by atoms with van der Waals surface area (Å²) in [4.78, 5) is 38.9. The van der Waals surface area contributed by atoms with Crippen molar-refractivity contribution in [3.8, 4) is 10.6 Å². The summed E-state index contributed by atoms with van der Waals surface area (Å²) in [6.45, 7) is 1.04. The molecule has 0 fully saturated rings. The van der Waals surface area contributed by atoms with Crippen molar-refractivity contribution in [3.05, 3.63) is 40.7 Å². The lowest BCUT2D eigenvalue weighted by Crippen LogP contribution is -2.39. The Morgan fingerprint density at radius 3 is 2.54 bits per heavy atom. The van der Waals surface area contributed by atoms with Crippen LogP contribution in [0.1, 0.15) is 15.4 Å². The molecule has 1 aromatic carbocycles. The van der Waals surface area contributed by atoms with E-state index in [1.807, 2.05) is 5.32 Å². The quantitative estimate of drug-likeness (QED) is 0.820. The Morgan fingerprint density at radius 1 is 1.25 bits per heavy atom. The van der Waals surface area contributed by atoms with Crippen LogP contribution in [-0.2, 0) is 9.53 Å². The molecule has 2 N–H and O–H groups in total. The van der Waals surface area contributed by atoms with E-state index < -0.39 is 24.5 Å². The van der Waals surface area contributed by atoms with Crippen LogP contribution in [-0.4, -0.2) is 36.5 Å². The molecule has 0 saturated heterocycles. The summed E-state index contributed by atoms with van der Waals surface area (Å²) < 4.78 is 17.8. The fraction of sp³-hybridized carbons (Fsp3) is 0.200. The molecule has 2 aromatic rings. The SMILES string of the molecule is CNC(=O)NC(=O)COC(=O)c1sc(-c2ccc(F)cc2)nc1C. The van der Waals surface area contributed by atoms with E-state index in [1.165, 1.54) is 19.2 Å². The van der Waals surface area contributed by atoms with Gasteiger partial charge in [-0.25, -0.2) is 19.0 Å². The van der Waals surface area contributed by atoms with Gasteiger partial charge in [0.15, 0.2) is 6.61 Å². The van der Waals surface area contributed by atoms with Crippen molar-refractivity contribution in [2.45, 2.75) is 6.92 Å². The van der Waals surface area contributed by atoms with Crippen LogP contribution in [0.15, 0.2) is 24.3 Å². The number of halogens is 1. The van der Waals surface area contributed by atoms with E-state index in [-0.39, 0.29) is 10.7 Å². The Hall–Kier alpha value is -2.81. The van der Waals surface area contributed by atoms with Gasteiger partial charge in [-0.15, -0.1) is 11.3 Å². The maximum atomic E-state index is 12.9. The minimum Gasteiger partial charge on any atom is -0.451 e. The topological polar surface area (TPSA) is 97.4 Å². The number of hydrogen-bond donors (Lipinski definition) is 2. The highest BCUT2D eigenvalue weighted by atomic mass is 32.1. The number of carbonyl (C=O) groups excluding carboxylic acids is 3. The first-order valence-corrected chi connectivity index (χ1v) is 7.64. The van der Waals surface area contributed by atoms with Gasteiger partial charge in [0.05, 0.1) is 5.69 Å². The van der Waals surface area contributed by atoms with E-state index in [2.05, 4.69) is 10.3 Å². The van der Waals surface area contributed by atoms with Crippen LogP contribution in [0.5, 0.6) is 0 Å². The lowest BCUT2D eigenvalue weighted by atomic mass is 10.2. The summed E-state index contributed by atoms with van der Waals surface area (Å²) >= 11 is 1.08. The molecule has 0 unspecified atom stereocenters. The number of esters is 1. The first-order valence-electron chi connectivity index (χ1n) is 6.82. The standard InChI is InChI=1S/C15H14FN3O4S/c1-8-12(14(21)23-7-11(20)19-15(22)17-2)24-13(18-8)9-3-5-10(16)6-4-9/h3-6H,7H2,1-2H3,(H2,17,19,20,22). The number of aromatic nitrogens is 1. The molecule has 3 amide bonds. The summed E-state index contributed by atoms with van der Waals surface area (Å²) in [5.74, 6) is -1.83. The highest BCUT2D eigenvalue weighted by molar-refractivity contribution is 7.17. The monoisotopic (exact) mass is 351 g/mol. The molecule has 9 heteroatoms. The summed E-state index contributed by atoms with van der Waals surface area (Å²) in [5, 5.41) is 4.71. The van der Waals surface area contributed by atoms with Crippen molar-refractivity contribution >= 4 is 29.2 Å². The van der Waals surface area contributed by atoms with Gasteiger partial charge >= 0.3 is 12.0 Å². The van der Waals surface area contributed by atoms with Crippen LogP contribution in [0, 0.1) is 12.7 Å². The predicted molar refractivity (Wildman–Crippen MR) is 85.1 cm³/mol. The van der Waals surface area contributed by atoms with E-state index in [0.29, 0.717) is 16.3 Å². The zero-order valence-corrected chi connectivity index (χ0v) is 13.7. The minimum atomic E-state index is -0.747. The lowest BCUT2D eigenvalue weighted by molar-refractivity contribution is -0.123. The summed E-state index contributed by atoms with van der Waals surface area (Å²) in [5.41, 5.74) is 1.11. The Balaban J connectivity index is 2.04. The molecule has 0 aliphatic heterocycles. The molecule has 0 aliphatic rings. The number of thiazole rings is 1. The predicted octanol–water partition coefficient (Wildman–Crippen LogP) is 1.87. The number of carbonyl (C=O) groups is 3. The van der Waals surface area contributed by atoms with Crippen LogP contribution in [0.25, 0.3) is 10.6 Å². The smallest absolute Gasteiger partial charge is 0.350 e. The number of amides is 3. The average molecular weight is 351 g/mol. The number of hydrogen-bond acceptors (Lipinski definition) is 6. The van der Waals surface area contributed by atoms with E-state index in [9.17, 15) is 18.8 Å². The third kappa shape index (κ3) is 4.35. The Bertz CT molecular complexity index is 774. The molecule has 24 heavy (non-hydrogen) atoms. The summed E-state index contributed by atoms with van der Waals surface area (Å²) in [6.07, 6.45) is 0. The van der Waals surface area contributed by atoms with Gasteiger partial charge in [0.2, 0.25) is 0 Å². The number of imide groups is 1. The Morgan fingerprint density at radius 2 is 1.92 bits per heavy atom. The first-order chi connectivity index (χ1) is 11.4. The first kappa shape index (κ1) is 17.5. The molecule has 1 heterocycles. The maximum absolute atomic E-state index is 12.9. The molecular formula is C15H14FN3O4S. The second-order valence-electron chi connectivity index (χ2n) is 4.64. The van der Waals surface area contributed by atoms with Crippen LogP contribution in [0.3, 0.4) is 0 Å². The summed E-state index contributed by atoms with van der Waals surface area (Å²) in [7, 11) is 1.35. The molecule has 0 saturated carbocycles. The fourth-order valence-corrected chi connectivity index (χ4v) is 2.69. The molecule has 0 radical (unpaired) electrons. The Kier molecular flexibility index (Phi) is 5.59. The number of rotatable bonds is 4. The number of aryl methyl sites for hydroxylation is 1. The fourth-order valence-electron chi connectivity index (χ4n) is 1.72. The second kappa shape index (κ2) is 7.64. The molecule has 126 valence electrons. The zero-order chi connectivity index (χ0) is 17.7. The molecule has 2 rings (SSSR count). The molecule has 0 bridgehead atoms. The minimum absolute atomic E-state index is 0.238. The summed E-state index contributed by atoms with van der Waals surface area (Å²) in [6, 6.07) is 5.02. The normalized spacial score (nSPS) is 10.1. The van der Waals surface area contributed by atoms with Crippen LogP contribution in [0.4, 0.5) is 9.18 Å². The molecular weight excluding hydrogens is 337 g/mol. The van der Waals surface area contributed by atoms with Crippen molar-refractivity contribution in [1.29, 1.82) is 0 Å². The van der Waals surface area contributed by atoms with Gasteiger partial charge in [0, 0.05) is 12.6 Å². The maximum Gasteiger partial charge on any atom is 0.350 e. The molecule has 7 nitrogen and oxygen atoms in total. The Labute approximate surface area is 140 Å². The number of nitrogens with one attached hydrogen (secondary N) is 2. The molecule has 0 aliphatic carbocycles.